The Bertz CT molecular complexity index is 5480. The fourth-order valence-electron chi connectivity index (χ4n) is 8.56. The SMILES string of the molecule is C.CC(CO)Oc1cccc(Cl)c1.CC(CO[Si](C)(C)C(C)(C)C)OS(=O)(=O)C(F)(F)F.CC(CO[Si](C)(C)C(C)(C)C)Oc1cccc(Cl)c1.CC(Oc1cccc(Cl)c1)C(=O)N/N=C/c1cc([N+](=O)[O-])ccc1O.CC(Oc1cccc(Cl)c1)C(=O)O.CC(Oc1cccc(Cl)c1)C(=O)O.CC1CO1.N/N=C/c1cc([N+](=O)[O-])ccc1O.O=Cc1cc([N+](=O)[O-])ccc1O.Oc1cccc(Cl)c1. The molecule has 1 aliphatic heterocycles. The van der Waals surface area contributed by atoms with Gasteiger partial charge in [-0.2, -0.15) is 31.8 Å². The number of aliphatic hydroxyl groups excluding tert-OH is 1. The maximum absolute atomic E-state index is 12.1. The molecule has 0 aromatic heterocycles. The number of hydrogen-bond acceptors (Lipinski definition) is 29. The van der Waals surface area contributed by atoms with Crippen molar-refractivity contribution in [2.24, 2.45) is 16.0 Å². The highest BCUT2D eigenvalue weighted by atomic mass is 35.5. The topological polar surface area (TPSA) is 523 Å². The number of ether oxygens (including phenoxy) is 6. The number of nitrogens with zero attached hydrogens (tertiary/aromatic N) is 5. The maximum Gasteiger partial charge on any atom is 0.523 e. The lowest BCUT2D eigenvalue weighted by atomic mass is 10.2. The van der Waals surface area contributed by atoms with Crippen LogP contribution >= 0.6 is 69.6 Å². The van der Waals surface area contributed by atoms with E-state index in [1.165, 1.54) is 58.0 Å². The molecule has 7 unspecified atom stereocenters. The number of epoxide rings is 1. The van der Waals surface area contributed by atoms with Crippen molar-refractivity contribution in [3.63, 3.8) is 0 Å². The number of nitro groups is 3. The van der Waals surface area contributed by atoms with E-state index in [1.807, 2.05) is 71.1 Å². The van der Waals surface area contributed by atoms with E-state index in [0.717, 1.165) is 55.1 Å². The van der Waals surface area contributed by atoms with Crippen molar-refractivity contribution in [1.29, 1.82) is 0 Å². The third-order valence-corrected chi connectivity index (χ3v) is 29.7. The molecule has 0 bridgehead atoms. The van der Waals surface area contributed by atoms with Gasteiger partial charge in [-0.3, -0.25) is 44.1 Å². The van der Waals surface area contributed by atoms with E-state index in [4.69, 9.17) is 138 Å². The molecule has 0 saturated carbocycles. The molecule has 0 aliphatic carbocycles. The number of amides is 1. The number of phenolic OH excluding ortho intramolecular Hbond substituents is 4. The summed E-state index contributed by atoms with van der Waals surface area (Å²) >= 11 is 34.3. The number of phenols is 4. The molecule has 1 heterocycles. The molecule has 0 spiro atoms. The van der Waals surface area contributed by atoms with Crippen molar-refractivity contribution >= 4 is 150 Å². The predicted molar refractivity (Wildman–Crippen MR) is 534 cm³/mol. The highest BCUT2D eigenvalue weighted by molar-refractivity contribution is 7.87. The summed E-state index contributed by atoms with van der Waals surface area (Å²) in [6, 6.07) is 51.2. The number of rotatable bonds is 29. The van der Waals surface area contributed by atoms with Gasteiger partial charge in [-0.05, 0) is 212 Å². The zero-order valence-corrected chi connectivity index (χ0v) is 85.3. The maximum atomic E-state index is 12.1. The van der Waals surface area contributed by atoms with E-state index in [0.29, 0.717) is 72.1 Å². The Labute approximate surface area is 836 Å². The second-order valence-corrected chi connectivity index (χ2v) is 45.8. The van der Waals surface area contributed by atoms with E-state index >= 15 is 0 Å². The lowest BCUT2D eigenvalue weighted by molar-refractivity contribution is -0.385. The Hall–Kier alpha value is -11.7. The minimum absolute atomic E-state index is 0. The van der Waals surface area contributed by atoms with E-state index in [2.05, 4.69) is 60.6 Å². The first kappa shape index (κ1) is 127. The number of nitro benzene ring substituents is 3. The second kappa shape index (κ2) is 62.4. The van der Waals surface area contributed by atoms with Crippen LogP contribution in [0, 0.1) is 30.3 Å². The van der Waals surface area contributed by atoms with E-state index in [9.17, 15) is 81.3 Å². The summed E-state index contributed by atoms with van der Waals surface area (Å²) in [5.41, 5.74) is -3.47. The molecule has 1 saturated heterocycles. The zero-order chi connectivity index (χ0) is 105. The highest BCUT2D eigenvalue weighted by Gasteiger charge is 2.49. The van der Waals surface area contributed by atoms with Crippen molar-refractivity contribution in [3.8, 4) is 51.7 Å². The molecule has 7 atom stereocenters. The average Bonchev–Trinajstić information content (AvgIpc) is 1.61. The summed E-state index contributed by atoms with van der Waals surface area (Å²) in [6.45, 7) is 33.9. The summed E-state index contributed by atoms with van der Waals surface area (Å²) in [6.07, 6.45) is -0.736. The summed E-state index contributed by atoms with van der Waals surface area (Å²) < 4.78 is 105. The Balaban J connectivity index is 0.00000155. The number of aliphatic hydroxyl groups is 1. The van der Waals surface area contributed by atoms with E-state index < -0.39 is 89.3 Å². The standard InChI is InChI=1S/C16H14ClN3O5.C15H25ClO2Si.C10H21F3O4SSi.2C9H9ClO3.C9H11ClO2.C7H7N3O3.C7H5NO4.C6H5ClO.C3H6O.CH4/c1-10(25-14-4-2-3-12(17)8-14)16(22)19-18-9-11-7-13(20(23)24)5-6-15(11)21;1-12(11-17-19(5,6)15(2,3)4)18-14-9-7-8-13(16)10-14;1-8(17-18(14,15)10(11,12)13)7-16-19(5,6)9(2,3)4;2*1-6(9(11)12)13-8-4-2-3-7(10)5-8;1-7(6-11)12-9-4-2-3-8(10)5-9;8-9-4-5-3-6(10(12)13)1-2-7(5)11;9-4-5-3-6(8(11)12)1-2-7(5)10;7-5-2-1-3-6(8)4-5;1-3-2-4-3;/h2-10,21H,1H3,(H,19,22);7-10,12H,11H2,1-6H3;8H,7H2,1-6H3;2*2-6H,1H3,(H,11,12);2-5,7,11H,6H2,1H3;1-4,11H,8H2;1-4,10H;1-4,8H;3H,2H2,1H3;1H4/b18-9+;;;;;;9-4+;;;;. The molecular formula is C92H116Cl6F3N7O28SSi2. The first-order chi connectivity index (χ1) is 64.0. The van der Waals surface area contributed by atoms with Crippen LogP contribution in [-0.2, 0) is 42.3 Å². The largest absolute Gasteiger partial charge is 0.523 e. The number of hydrazone groups is 2. The number of halogens is 9. The minimum Gasteiger partial charge on any atom is -0.508 e. The summed E-state index contributed by atoms with van der Waals surface area (Å²) in [5.74, 6) is 4.78. The van der Waals surface area contributed by atoms with Gasteiger partial charge in [-0.15, -0.1) is 0 Å². The van der Waals surface area contributed by atoms with Crippen LogP contribution < -0.4 is 35.0 Å². The molecule has 139 heavy (non-hydrogen) atoms. The molecule has 1 amide bonds. The zero-order valence-electron chi connectivity index (χ0n) is 78.0. The molecule has 0 radical (unpaired) electrons. The first-order valence-electron chi connectivity index (χ1n) is 40.9. The summed E-state index contributed by atoms with van der Waals surface area (Å²) in [7, 11) is -9.41. The third-order valence-electron chi connectivity index (χ3n) is 18.2. The number of aromatic hydroxyl groups is 4. The number of nitrogens with two attached hydrogens (primary N) is 1. The summed E-state index contributed by atoms with van der Waals surface area (Å²) in [4.78, 5) is 72.4. The van der Waals surface area contributed by atoms with Crippen molar-refractivity contribution in [3.05, 3.63) is 277 Å². The molecule has 9 aromatic rings. The van der Waals surface area contributed by atoms with Gasteiger partial charge in [0, 0.05) is 77.7 Å². The number of aliphatic carboxylic acids is 2. The number of non-ortho nitro benzene ring substituents is 3. The molecule has 35 nitrogen and oxygen atoms in total. The van der Waals surface area contributed by atoms with Gasteiger partial charge in [0.1, 0.15) is 64.0 Å². The molecule has 1 fully saturated rings. The predicted octanol–water partition coefficient (Wildman–Crippen LogP) is 22.5. The Morgan fingerprint density at radius 2 is 0.799 bits per heavy atom. The van der Waals surface area contributed by atoms with E-state index in [-0.39, 0.29) is 99.7 Å². The van der Waals surface area contributed by atoms with Gasteiger partial charge in [0.25, 0.3) is 23.0 Å². The van der Waals surface area contributed by atoms with Crippen LogP contribution in [0.25, 0.3) is 0 Å². The van der Waals surface area contributed by atoms with Crippen LogP contribution in [0.1, 0.15) is 119 Å². The summed E-state index contributed by atoms with van der Waals surface area (Å²) in [5, 5.41) is 104. The van der Waals surface area contributed by atoms with Crippen molar-refractivity contribution in [2.45, 2.75) is 182 Å². The van der Waals surface area contributed by atoms with Crippen molar-refractivity contribution in [1.82, 2.24) is 5.43 Å². The normalized spacial score (nSPS) is 13.2. The van der Waals surface area contributed by atoms with Gasteiger partial charge < -0.3 is 78.9 Å². The quantitative estimate of drug-likeness (QED) is 0.00242. The van der Waals surface area contributed by atoms with E-state index in [1.54, 1.807) is 116 Å². The van der Waals surface area contributed by atoms with Crippen LogP contribution in [0.4, 0.5) is 30.2 Å². The molecule has 9 aromatic carbocycles. The van der Waals surface area contributed by atoms with Gasteiger partial charge in [0.15, 0.2) is 41.2 Å². The Morgan fingerprint density at radius 1 is 0.504 bits per heavy atom. The Kier molecular flexibility index (Phi) is 57.1. The second-order valence-electron chi connectivity index (χ2n) is 32.0. The van der Waals surface area contributed by atoms with Crippen LogP contribution in [0.5, 0.6) is 51.7 Å². The van der Waals surface area contributed by atoms with Crippen molar-refractivity contribution < 1.29 is 133 Å². The number of carbonyl (C=O) groups excluding carboxylic acids is 2. The van der Waals surface area contributed by atoms with Crippen LogP contribution in [0.15, 0.2) is 210 Å². The molecule has 47 heteroatoms. The van der Waals surface area contributed by atoms with Gasteiger partial charge in [-0.1, -0.05) is 155 Å². The van der Waals surface area contributed by atoms with Crippen molar-refractivity contribution in [2.75, 3.05) is 26.4 Å². The molecule has 1 aliphatic rings. The van der Waals surface area contributed by atoms with Gasteiger partial charge >= 0.3 is 27.6 Å². The fraction of sp³-hybridized carbons (Fsp3) is 0.348. The lowest BCUT2D eigenvalue weighted by Gasteiger charge is -2.36. The molecule has 10 N–H and O–H groups in total. The Morgan fingerprint density at radius 3 is 1.07 bits per heavy atom. The highest BCUT2D eigenvalue weighted by Crippen LogP contribution is 2.39. The molecule has 764 valence electrons. The smallest absolute Gasteiger partial charge is 0.508 e. The van der Waals surface area contributed by atoms with Crippen LogP contribution in [0.2, 0.25) is 66.4 Å². The number of aldehydes is 1. The minimum atomic E-state index is -5.56. The fourth-order valence-corrected chi connectivity index (χ4v) is 12.4. The first-order valence-corrected chi connectivity index (χ1v) is 50.4. The number of alkyl halides is 3. The average molecular weight is 2130 g/mol. The number of benzene rings is 9. The number of carboxylic acids is 2. The van der Waals surface area contributed by atoms with Gasteiger partial charge in [-0.25, -0.2) is 15.0 Å². The molecule has 10 rings (SSSR count). The number of nitrogens with one attached hydrogen (secondary N) is 1. The monoisotopic (exact) mass is 2120 g/mol. The number of hydrogen-bond donors (Lipinski definition) is 9. The third kappa shape index (κ3) is 53.3. The lowest BCUT2D eigenvalue weighted by Crippen LogP contribution is -2.43. The number of carboxylic acid groups (broad SMARTS) is 2. The van der Waals surface area contributed by atoms with Crippen LogP contribution in [-0.4, -0.2) is 187 Å². The number of carbonyl (C=O) groups is 4. The molecular weight excluding hydrogens is 2010 g/mol. The van der Waals surface area contributed by atoms with Crippen LogP contribution in [0.3, 0.4) is 0 Å². The van der Waals surface area contributed by atoms with Gasteiger partial charge in [0.2, 0.25) is 0 Å². The van der Waals surface area contributed by atoms with Gasteiger partial charge in [0.05, 0.1) is 71.4 Å².